The van der Waals surface area contributed by atoms with Crippen LogP contribution >= 0.6 is 11.8 Å². The minimum atomic E-state index is -0.281. The van der Waals surface area contributed by atoms with E-state index in [4.69, 9.17) is 9.47 Å². The van der Waals surface area contributed by atoms with Crippen molar-refractivity contribution in [2.24, 2.45) is 11.0 Å². The van der Waals surface area contributed by atoms with Gasteiger partial charge in [-0.2, -0.15) is 16.9 Å². The Labute approximate surface area is 204 Å². The molecule has 0 amide bonds. The van der Waals surface area contributed by atoms with E-state index in [1.165, 1.54) is 0 Å². The molecule has 2 aliphatic rings. The molecule has 2 heterocycles. The topological polar surface area (TPSA) is 80.2 Å². The Morgan fingerprint density at radius 1 is 1.18 bits per heavy atom. The number of thioether (sulfide) groups is 1. The summed E-state index contributed by atoms with van der Waals surface area (Å²) in [5, 5.41) is 9.76. The van der Waals surface area contributed by atoms with Crippen LogP contribution in [-0.2, 0) is 16.0 Å². The second-order valence-electron chi connectivity index (χ2n) is 8.38. The number of fused-ring (bicyclic) bond motifs is 1. The van der Waals surface area contributed by atoms with Gasteiger partial charge >= 0.3 is 5.97 Å². The third kappa shape index (κ3) is 5.98. The van der Waals surface area contributed by atoms with Gasteiger partial charge < -0.3 is 9.47 Å². The average Bonchev–Trinajstić information content (AvgIpc) is 2.87. The molecular weight excluding hydrogens is 450 g/mol. The quantitative estimate of drug-likeness (QED) is 0.352. The summed E-state index contributed by atoms with van der Waals surface area (Å²) in [4.78, 5) is 25.2. The van der Waals surface area contributed by atoms with Crippen LogP contribution in [0.5, 0.6) is 5.75 Å². The number of carbonyl (C=O) groups excluding carboxylic acids is 2. The minimum absolute atomic E-state index is 0.0444. The highest BCUT2D eigenvalue weighted by atomic mass is 32.2. The molecule has 8 heteroatoms. The number of hydrogen-bond donors (Lipinski definition) is 1. The highest BCUT2D eigenvalue weighted by Gasteiger charge is 2.31. The highest BCUT2D eigenvalue weighted by molar-refractivity contribution is 7.99. The van der Waals surface area contributed by atoms with Gasteiger partial charge in [0.1, 0.15) is 5.75 Å². The van der Waals surface area contributed by atoms with E-state index < -0.39 is 0 Å². The van der Waals surface area contributed by atoms with E-state index in [0.717, 1.165) is 41.5 Å². The van der Waals surface area contributed by atoms with Crippen LogP contribution in [0.4, 0.5) is 0 Å². The Morgan fingerprint density at radius 2 is 1.91 bits per heavy atom. The molecule has 2 aliphatic heterocycles. The number of esters is 1. The summed E-state index contributed by atoms with van der Waals surface area (Å²) in [6, 6.07) is 13.0. The third-order valence-electron chi connectivity index (χ3n) is 6.04. The Bertz CT molecular complexity index is 1030. The minimum Gasteiger partial charge on any atom is -0.475 e. The van der Waals surface area contributed by atoms with Crippen LogP contribution in [0.15, 0.2) is 47.6 Å². The first-order chi connectivity index (χ1) is 16.6. The van der Waals surface area contributed by atoms with E-state index in [1.54, 1.807) is 13.0 Å². The van der Waals surface area contributed by atoms with E-state index in [0.29, 0.717) is 24.2 Å². The molecule has 1 saturated heterocycles. The number of rotatable bonds is 8. The molecule has 2 aromatic rings. The van der Waals surface area contributed by atoms with Crippen molar-refractivity contribution in [3.05, 3.63) is 64.7 Å². The molecule has 0 spiro atoms. The zero-order valence-corrected chi connectivity index (χ0v) is 20.5. The lowest BCUT2D eigenvalue weighted by molar-refractivity contribution is -0.145. The van der Waals surface area contributed by atoms with Gasteiger partial charge in [-0.05, 0) is 49.7 Å². The second kappa shape index (κ2) is 11.5. The Morgan fingerprint density at radius 3 is 2.62 bits per heavy atom. The van der Waals surface area contributed by atoms with E-state index in [1.807, 2.05) is 61.4 Å². The van der Waals surface area contributed by atoms with Crippen LogP contribution in [-0.4, -0.2) is 67.5 Å². The van der Waals surface area contributed by atoms with Crippen molar-refractivity contribution in [3.8, 4) is 5.75 Å². The van der Waals surface area contributed by atoms with Gasteiger partial charge in [0, 0.05) is 41.6 Å². The molecule has 0 bridgehead atoms. The summed E-state index contributed by atoms with van der Waals surface area (Å²) in [6.45, 7) is 4.09. The van der Waals surface area contributed by atoms with Gasteiger partial charge in [-0.25, -0.2) is 0 Å². The highest BCUT2D eigenvalue weighted by Crippen LogP contribution is 2.33. The number of hydrogen-bond acceptors (Lipinski definition) is 8. The molecule has 2 atom stereocenters. The number of nitrogens with zero attached hydrogens (tertiary/aromatic N) is 2. The molecule has 4 rings (SSSR count). The van der Waals surface area contributed by atoms with Crippen molar-refractivity contribution >= 4 is 29.7 Å². The predicted octanol–water partition coefficient (Wildman–Crippen LogP) is 3.35. The molecule has 7 nitrogen and oxygen atoms in total. The average molecular weight is 482 g/mol. The second-order valence-corrected chi connectivity index (χ2v) is 9.61. The van der Waals surface area contributed by atoms with Gasteiger partial charge in [-0.3, -0.25) is 19.9 Å². The molecule has 34 heavy (non-hydrogen) atoms. The summed E-state index contributed by atoms with van der Waals surface area (Å²) in [6.07, 6.45) is 2.46. The van der Waals surface area contributed by atoms with Crippen LogP contribution in [0.1, 0.15) is 40.4 Å². The van der Waals surface area contributed by atoms with Crippen LogP contribution in [0.25, 0.3) is 0 Å². The molecule has 2 unspecified atom stereocenters. The number of hydrazone groups is 1. The molecule has 180 valence electrons. The SMILES string of the molecule is CCOC(=O)CC1Cc2cc(C(=O)c3ccc(C=NN4CCSCC4)cc3)ccc2OC1NC. The smallest absolute Gasteiger partial charge is 0.306 e. The number of ether oxygens (including phenoxy) is 2. The van der Waals surface area contributed by atoms with Crippen LogP contribution < -0.4 is 10.1 Å². The molecule has 0 aliphatic carbocycles. The van der Waals surface area contributed by atoms with Gasteiger partial charge in [0.25, 0.3) is 0 Å². The zero-order chi connectivity index (χ0) is 23.9. The zero-order valence-electron chi connectivity index (χ0n) is 19.7. The molecular formula is C26H31N3O4S. The fourth-order valence-electron chi connectivity index (χ4n) is 4.23. The summed E-state index contributed by atoms with van der Waals surface area (Å²) in [5.41, 5.74) is 3.12. The lowest BCUT2D eigenvalue weighted by Gasteiger charge is -2.33. The number of carbonyl (C=O) groups is 2. The first kappa shape index (κ1) is 24.3. The molecule has 0 aromatic heterocycles. The predicted molar refractivity (Wildman–Crippen MR) is 135 cm³/mol. The van der Waals surface area contributed by atoms with Crippen molar-refractivity contribution in [3.63, 3.8) is 0 Å². The lowest BCUT2D eigenvalue weighted by atomic mass is 9.89. The van der Waals surface area contributed by atoms with E-state index in [-0.39, 0.29) is 30.3 Å². The molecule has 1 N–H and O–H groups in total. The van der Waals surface area contributed by atoms with Gasteiger partial charge in [0.2, 0.25) is 0 Å². The summed E-state index contributed by atoms with van der Waals surface area (Å²) in [5.74, 6) is 2.59. The van der Waals surface area contributed by atoms with Crippen LogP contribution in [0, 0.1) is 5.92 Å². The van der Waals surface area contributed by atoms with Crippen molar-refractivity contribution < 1.29 is 19.1 Å². The fraction of sp³-hybridized carbons (Fsp3) is 0.423. The largest absolute Gasteiger partial charge is 0.475 e. The maximum Gasteiger partial charge on any atom is 0.306 e. The first-order valence-corrected chi connectivity index (χ1v) is 12.9. The molecule has 1 fully saturated rings. The molecule has 2 aromatic carbocycles. The maximum absolute atomic E-state index is 13.1. The summed E-state index contributed by atoms with van der Waals surface area (Å²) < 4.78 is 11.2. The van der Waals surface area contributed by atoms with Crippen molar-refractivity contribution in [1.82, 2.24) is 10.3 Å². The number of nitrogens with one attached hydrogen (secondary N) is 1. The molecule has 0 radical (unpaired) electrons. The van der Waals surface area contributed by atoms with Crippen LogP contribution in [0.2, 0.25) is 0 Å². The van der Waals surface area contributed by atoms with Crippen molar-refractivity contribution in [2.75, 3.05) is 38.2 Å². The standard InChI is InChI=1S/C26H31N3O4S/c1-3-32-24(30)16-22-15-21-14-20(8-9-23(21)33-26(22)27-2)25(31)19-6-4-18(5-7-19)17-28-29-10-12-34-13-11-29/h4-9,14,17,22,26-27H,3,10-13,15-16H2,1-2H3. The number of benzene rings is 2. The Balaban J connectivity index is 1.45. The summed E-state index contributed by atoms with van der Waals surface area (Å²) >= 11 is 1.95. The van der Waals surface area contributed by atoms with Gasteiger partial charge in [-0.15, -0.1) is 0 Å². The van der Waals surface area contributed by atoms with Crippen molar-refractivity contribution in [1.29, 1.82) is 0 Å². The van der Waals surface area contributed by atoms with Gasteiger partial charge in [0.05, 0.1) is 19.2 Å². The maximum atomic E-state index is 13.1. The van der Waals surface area contributed by atoms with Gasteiger partial charge in [-0.1, -0.05) is 24.3 Å². The van der Waals surface area contributed by atoms with Crippen LogP contribution in [0.3, 0.4) is 0 Å². The number of ketones is 1. The lowest BCUT2D eigenvalue weighted by Crippen LogP contribution is -2.43. The first-order valence-electron chi connectivity index (χ1n) is 11.7. The van der Waals surface area contributed by atoms with E-state index in [2.05, 4.69) is 15.4 Å². The Hall–Kier alpha value is -2.84. The fourth-order valence-corrected chi connectivity index (χ4v) is 5.11. The molecule has 0 saturated carbocycles. The normalized spacial score (nSPS) is 20.0. The monoisotopic (exact) mass is 481 g/mol. The third-order valence-corrected chi connectivity index (χ3v) is 6.98. The Kier molecular flexibility index (Phi) is 8.24. The summed E-state index contributed by atoms with van der Waals surface area (Å²) in [7, 11) is 1.81. The van der Waals surface area contributed by atoms with E-state index >= 15 is 0 Å². The van der Waals surface area contributed by atoms with Crippen molar-refractivity contribution in [2.45, 2.75) is 26.0 Å². The van der Waals surface area contributed by atoms with Gasteiger partial charge in [0.15, 0.2) is 12.0 Å². The van der Waals surface area contributed by atoms with E-state index in [9.17, 15) is 9.59 Å².